The van der Waals surface area contributed by atoms with E-state index in [2.05, 4.69) is 0 Å². The predicted octanol–water partition coefficient (Wildman–Crippen LogP) is 2.24. The van der Waals surface area contributed by atoms with Gasteiger partial charge in [0.2, 0.25) is 0 Å². The number of aromatic nitrogens is 1. The van der Waals surface area contributed by atoms with Crippen LogP contribution in [-0.4, -0.2) is 21.4 Å². The van der Waals surface area contributed by atoms with E-state index in [4.69, 9.17) is 5.11 Å². The van der Waals surface area contributed by atoms with Gasteiger partial charge in [-0.15, -0.1) is 0 Å². The van der Waals surface area contributed by atoms with Gasteiger partial charge >= 0.3 is 5.97 Å². The quantitative estimate of drug-likeness (QED) is 0.824. The molecule has 0 atom stereocenters. The molecule has 0 amide bonds. The second-order valence-electron chi connectivity index (χ2n) is 4.14. The monoisotopic (exact) mass is 231 g/mol. The summed E-state index contributed by atoms with van der Waals surface area (Å²) in [5.41, 5.74) is 2.40. The van der Waals surface area contributed by atoms with Gasteiger partial charge in [-0.2, -0.15) is 0 Å². The van der Waals surface area contributed by atoms with Crippen LogP contribution in [0.25, 0.3) is 10.9 Å². The number of aryl methyl sites for hydroxylation is 1. The molecule has 88 valence electrons. The first-order valence-electron chi connectivity index (χ1n) is 5.31. The third-order valence-corrected chi connectivity index (χ3v) is 2.72. The second-order valence-corrected chi connectivity index (χ2v) is 4.14. The first kappa shape index (κ1) is 11.4. The van der Waals surface area contributed by atoms with Gasteiger partial charge in [0.05, 0.1) is 0 Å². The van der Waals surface area contributed by atoms with E-state index in [-0.39, 0.29) is 12.3 Å². The first-order chi connectivity index (χ1) is 7.99. The number of carboxylic acid groups (broad SMARTS) is 1. The minimum Gasteiger partial charge on any atom is -0.480 e. The first-order valence-corrected chi connectivity index (χ1v) is 5.31. The summed E-state index contributed by atoms with van der Waals surface area (Å²) in [5.74, 6) is -0.971. The van der Waals surface area contributed by atoms with Crippen LogP contribution in [-0.2, 0) is 11.3 Å². The number of hydrogen-bond acceptors (Lipinski definition) is 2. The van der Waals surface area contributed by atoms with Crippen LogP contribution in [0.4, 0.5) is 0 Å². The van der Waals surface area contributed by atoms with E-state index in [1.54, 1.807) is 10.8 Å². The molecular weight excluding hydrogens is 218 g/mol. The van der Waals surface area contributed by atoms with Gasteiger partial charge in [-0.25, -0.2) is 0 Å². The Kier molecular flexibility index (Phi) is 2.71. The van der Waals surface area contributed by atoms with Crippen LogP contribution in [0.3, 0.4) is 0 Å². The van der Waals surface area contributed by atoms with Gasteiger partial charge in [-0.3, -0.25) is 9.59 Å². The van der Waals surface area contributed by atoms with Crippen molar-refractivity contribution in [2.45, 2.75) is 20.4 Å². The van der Waals surface area contributed by atoms with Crippen LogP contribution in [0.2, 0.25) is 0 Å². The smallest absolute Gasteiger partial charge is 0.323 e. The average molecular weight is 231 g/mol. The Hall–Kier alpha value is -2.10. The van der Waals surface area contributed by atoms with Crippen LogP contribution in [0.5, 0.6) is 0 Å². The summed E-state index contributed by atoms with van der Waals surface area (Å²) in [6.07, 6.45) is 1.61. The highest BCUT2D eigenvalue weighted by molar-refractivity contribution is 6.07. The summed E-state index contributed by atoms with van der Waals surface area (Å²) < 4.78 is 1.60. The molecule has 2 aromatic rings. The number of Topliss-reactive ketones (excluding diaryl/α,β-unsaturated/α-hetero) is 1. The number of carbonyl (C=O) groups excluding carboxylic acids is 1. The molecule has 0 radical (unpaired) electrons. The number of fused-ring (bicyclic) bond motifs is 1. The summed E-state index contributed by atoms with van der Waals surface area (Å²) in [4.78, 5) is 22.3. The number of aliphatic carboxylic acids is 1. The molecule has 0 spiro atoms. The molecule has 0 bridgehead atoms. The van der Waals surface area contributed by atoms with Gasteiger partial charge in [-0.1, -0.05) is 12.1 Å². The highest BCUT2D eigenvalue weighted by Gasteiger charge is 2.13. The molecule has 1 N–H and O–H groups in total. The molecule has 1 heterocycles. The number of hydrogen-bond donors (Lipinski definition) is 1. The highest BCUT2D eigenvalue weighted by atomic mass is 16.4. The van der Waals surface area contributed by atoms with Gasteiger partial charge in [-0.05, 0) is 25.5 Å². The van der Waals surface area contributed by atoms with Crippen molar-refractivity contribution >= 4 is 22.7 Å². The molecule has 1 aromatic carbocycles. The van der Waals surface area contributed by atoms with Crippen LogP contribution in [0.1, 0.15) is 22.8 Å². The molecule has 0 saturated heterocycles. The predicted molar refractivity (Wildman–Crippen MR) is 64.3 cm³/mol. The zero-order chi connectivity index (χ0) is 12.6. The van der Waals surface area contributed by atoms with Crippen LogP contribution >= 0.6 is 0 Å². The molecule has 0 saturated carbocycles. The molecule has 4 heteroatoms. The van der Waals surface area contributed by atoms with Crippen molar-refractivity contribution in [2.75, 3.05) is 0 Å². The van der Waals surface area contributed by atoms with Crippen molar-refractivity contribution in [1.29, 1.82) is 0 Å². The van der Waals surface area contributed by atoms with Crippen LogP contribution in [0, 0.1) is 6.92 Å². The maximum Gasteiger partial charge on any atom is 0.323 e. The van der Waals surface area contributed by atoms with Crippen LogP contribution in [0.15, 0.2) is 24.4 Å². The number of ketones is 1. The standard InChI is InChI=1S/C13H13NO3/c1-8-3-4-10-11(9(2)15)6-14(7-13(16)17)12(10)5-8/h3-6H,7H2,1-2H3,(H,16,17). The largest absolute Gasteiger partial charge is 0.480 e. The number of benzene rings is 1. The van der Waals surface area contributed by atoms with E-state index in [0.29, 0.717) is 5.56 Å². The molecule has 17 heavy (non-hydrogen) atoms. The van der Waals surface area contributed by atoms with E-state index in [9.17, 15) is 9.59 Å². The number of nitrogens with zero attached hydrogens (tertiary/aromatic N) is 1. The summed E-state index contributed by atoms with van der Waals surface area (Å²) in [6.45, 7) is 3.29. The Morgan fingerprint density at radius 1 is 1.35 bits per heavy atom. The van der Waals surface area contributed by atoms with Crippen molar-refractivity contribution < 1.29 is 14.7 Å². The average Bonchev–Trinajstić information content (AvgIpc) is 2.56. The highest BCUT2D eigenvalue weighted by Crippen LogP contribution is 2.23. The normalized spacial score (nSPS) is 10.7. The fourth-order valence-corrected chi connectivity index (χ4v) is 1.96. The van der Waals surface area contributed by atoms with Crippen molar-refractivity contribution in [3.05, 3.63) is 35.5 Å². The van der Waals surface area contributed by atoms with E-state index in [1.165, 1.54) is 6.92 Å². The summed E-state index contributed by atoms with van der Waals surface area (Å²) in [6, 6.07) is 5.67. The molecule has 0 aliphatic rings. The van der Waals surface area contributed by atoms with Crippen molar-refractivity contribution in [2.24, 2.45) is 0 Å². The zero-order valence-corrected chi connectivity index (χ0v) is 9.73. The SMILES string of the molecule is CC(=O)c1cn(CC(=O)O)c2cc(C)ccc12. The van der Waals surface area contributed by atoms with E-state index in [0.717, 1.165) is 16.5 Å². The second kappa shape index (κ2) is 4.05. The lowest BCUT2D eigenvalue weighted by molar-refractivity contribution is -0.137. The maximum atomic E-state index is 11.5. The van der Waals surface area contributed by atoms with E-state index >= 15 is 0 Å². The van der Waals surface area contributed by atoms with Gasteiger partial charge < -0.3 is 9.67 Å². The summed E-state index contributed by atoms with van der Waals surface area (Å²) in [5, 5.41) is 9.65. The minimum absolute atomic E-state index is 0.0528. The Morgan fingerprint density at radius 3 is 2.65 bits per heavy atom. The van der Waals surface area contributed by atoms with Crippen molar-refractivity contribution in [3.8, 4) is 0 Å². The van der Waals surface area contributed by atoms with Crippen molar-refractivity contribution in [3.63, 3.8) is 0 Å². The van der Waals surface area contributed by atoms with E-state index < -0.39 is 5.97 Å². The Bertz CT molecular complexity index is 610. The third kappa shape index (κ3) is 2.06. The molecule has 0 aliphatic carbocycles. The maximum absolute atomic E-state index is 11.5. The Morgan fingerprint density at radius 2 is 2.06 bits per heavy atom. The molecule has 4 nitrogen and oxygen atoms in total. The van der Waals surface area contributed by atoms with E-state index in [1.807, 2.05) is 25.1 Å². The van der Waals surface area contributed by atoms with Crippen LogP contribution < -0.4 is 0 Å². The summed E-state index contributed by atoms with van der Waals surface area (Å²) in [7, 11) is 0. The number of rotatable bonds is 3. The van der Waals surface area contributed by atoms with Crippen molar-refractivity contribution in [1.82, 2.24) is 4.57 Å². The fourth-order valence-electron chi connectivity index (χ4n) is 1.96. The third-order valence-electron chi connectivity index (χ3n) is 2.72. The molecule has 0 unspecified atom stereocenters. The zero-order valence-electron chi connectivity index (χ0n) is 9.73. The molecule has 0 fully saturated rings. The van der Waals surface area contributed by atoms with Gasteiger partial charge in [0, 0.05) is 22.7 Å². The van der Waals surface area contributed by atoms with Gasteiger partial charge in [0.25, 0.3) is 0 Å². The number of carboxylic acids is 1. The number of carbonyl (C=O) groups is 2. The Balaban J connectivity index is 2.70. The fraction of sp³-hybridized carbons (Fsp3) is 0.231. The van der Waals surface area contributed by atoms with Gasteiger partial charge in [0.15, 0.2) is 5.78 Å². The topological polar surface area (TPSA) is 59.3 Å². The minimum atomic E-state index is -0.918. The van der Waals surface area contributed by atoms with Gasteiger partial charge in [0.1, 0.15) is 6.54 Å². The molecule has 0 aliphatic heterocycles. The summed E-state index contributed by atoms with van der Waals surface area (Å²) >= 11 is 0. The lowest BCUT2D eigenvalue weighted by Gasteiger charge is -2.01. The molecular formula is C13H13NO3. The Labute approximate surface area is 98.5 Å². The molecule has 2 rings (SSSR count). The molecule has 1 aromatic heterocycles. The lowest BCUT2D eigenvalue weighted by atomic mass is 10.1. The lowest BCUT2D eigenvalue weighted by Crippen LogP contribution is -2.07.